The minimum absolute atomic E-state index is 0.0418. The predicted molar refractivity (Wildman–Crippen MR) is 55.9 cm³/mol. The van der Waals surface area contributed by atoms with Crippen molar-refractivity contribution in [3.8, 4) is 5.75 Å². The first-order valence-electron chi connectivity index (χ1n) is 4.78. The molecule has 0 atom stereocenters. The Morgan fingerprint density at radius 3 is 2.93 bits per heavy atom. The molecule has 0 spiro atoms. The zero-order valence-electron chi connectivity index (χ0n) is 8.58. The lowest BCUT2D eigenvalue weighted by Crippen LogP contribution is -2.12. The van der Waals surface area contributed by atoms with E-state index in [-0.39, 0.29) is 6.61 Å². The Labute approximate surface area is 83.9 Å². The van der Waals surface area contributed by atoms with Gasteiger partial charge in [0.1, 0.15) is 5.75 Å². The van der Waals surface area contributed by atoms with E-state index in [4.69, 9.17) is 9.84 Å². The van der Waals surface area contributed by atoms with E-state index in [1.165, 1.54) is 11.3 Å². The average Bonchev–Trinajstić information content (AvgIpc) is 2.59. The molecule has 1 aliphatic rings. The molecule has 1 aromatic rings. The molecule has 0 aromatic heterocycles. The molecule has 2 rings (SSSR count). The van der Waals surface area contributed by atoms with Crippen LogP contribution in [0.15, 0.2) is 12.1 Å². The van der Waals surface area contributed by atoms with Gasteiger partial charge in [0, 0.05) is 30.4 Å². The van der Waals surface area contributed by atoms with Crippen molar-refractivity contribution in [2.24, 2.45) is 0 Å². The van der Waals surface area contributed by atoms with Crippen molar-refractivity contribution in [1.29, 1.82) is 0 Å². The fraction of sp³-hybridized carbons (Fsp3) is 0.455. The van der Waals surface area contributed by atoms with E-state index >= 15 is 0 Å². The fourth-order valence-electron chi connectivity index (χ4n) is 2.04. The predicted octanol–water partition coefficient (Wildman–Crippen LogP) is 1.18. The quantitative estimate of drug-likeness (QED) is 0.765. The van der Waals surface area contributed by atoms with Crippen molar-refractivity contribution in [2.75, 3.05) is 25.6 Å². The highest BCUT2D eigenvalue weighted by molar-refractivity contribution is 5.65. The van der Waals surface area contributed by atoms with Gasteiger partial charge in [0.25, 0.3) is 0 Å². The van der Waals surface area contributed by atoms with Gasteiger partial charge < -0.3 is 14.7 Å². The third-order valence-electron chi connectivity index (χ3n) is 2.80. The van der Waals surface area contributed by atoms with Gasteiger partial charge in [0.15, 0.2) is 0 Å². The summed E-state index contributed by atoms with van der Waals surface area (Å²) in [6.07, 6.45) is 1.00. The van der Waals surface area contributed by atoms with Gasteiger partial charge in [-0.05, 0) is 12.5 Å². The summed E-state index contributed by atoms with van der Waals surface area (Å²) in [5.41, 5.74) is 3.32. The summed E-state index contributed by atoms with van der Waals surface area (Å²) in [7, 11) is 3.73. The summed E-state index contributed by atoms with van der Waals surface area (Å²) < 4.78 is 5.34. The SMILES string of the molecule is COc1c(CO)ccc2c1CCN2C. The van der Waals surface area contributed by atoms with Crippen molar-refractivity contribution in [2.45, 2.75) is 13.0 Å². The van der Waals surface area contributed by atoms with Crippen LogP contribution in [0.4, 0.5) is 5.69 Å². The van der Waals surface area contributed by atoms with Crippen LogP contribution in [0.2, 0.25) is 0 Å². The zero-order valence-corrected chi connectivity index (χ0v) is 8.58. The van der Waals surface area contributed by atoms with Crippen LogP contribution >= 0.6 is 0 Å². The van der Waals surface area contributed by atoms with Crippen LogP contribution in [-0.2, 0) is 13.0 Å². The lowest BCUT2D eigenvalue weighted by Gasteiger charge is -2.14. The Balaban J connectivity index is 2.54. The van der Waals surface area contributed by atoms with E-state index in [0.717, 1.165) is 24.3 Å². The molecule has 14 heavy (non-hydrogen) atoms. The van der Waals surface area contributed by atoms with Gasteiger partial charge in [0.05, 0.1) is 13.7 Å². The van der Waals surface area contributed by atoms with Gasteiger partial charge in [-0.25, -0.2) is 0 Å². The lowest BCUT2D eigenvalue weighted by molar-refractivity contribution is 0.273. The number of anilines is 1. The first-order valence-corrected chi connectivity index (χ1v) is 4.78. The molecule has 0 fully saturated rings. The van der Waals surface area contributed by atoms with Gasteiger partial charge in [-0.2, -0.15) is 0 Å². The molecule has 3 nitrogen and oxygen atoms in total. The third kappa shape index (κ3) is 1.24. The smallest absolute Gasteiger partial charge is 0.129 e. The van der Waals surface area contributed by atoms with Crippen LogP contribution in [0.3, 0.4) is 0 Å². The number of rotatable bonds is 2. The minimum Gasteiger partial charge on any atom is -0.496 e. The number of aliphatic hydroxyl groups is 1. The van der Waals surface area contributed by atoms with Gasteiger partial charge in [0.2, 0.25) is 0 Å². The second kappa shape index (κ2) is 3.50. The lowest BCUT2D eigenvalue weighted by atomic mass is 10.1. The first-order chi connectivity index (χ1) is 6.77. The Bertz CT molecular complexity index is 349. The molecule has 76 valence electrons. The maximum atomic E-state index is 9.15. The standard InChI is InChI=1S/C11H15NO2/c1-12-6-5-9-10(12)4-3-8(7-13)11(9)14-2/h3-4,13H,5-7H2,1-2H3. The molecule has 0 saturated heterocycles. The van der Waals surface area contributed by atoms with Gasteiger partial charge in [-0.1, -0.05) is 6.07 Å². The fourth-order valence-corrected chi connectivity index (χ4v) is 2.04. The van der Waals surface area contributed by atoms with Crippen LogP contribution < -0.4 is 9.64 Å². The number of nitrogens with zero attached hydrogens (tertiary/aromatic N) is 1. The number of aliphatic hydroxyl groups excluding tert-OH is 1. The van der Waals surface area contributed by atoms with E-state index in [1.54, 1.807) is 7.11 Å². The number of benzene rings is 1. The summed E-state index contributed by atoms with van der Waals surface area (Å²) in [5, 5.41) is 9.15. The van der Waals surface area contributed by atoms with E-state index in [0.29, 0.717) is 0 Å². The molecule has 0 aliphatic carbocycles. The van der Waals surface area contributed by atoms with Crippen LogP contribution in [0.5, 0.6) is 5.75 Å². The van der Waals surface area contributed by atoms with Crippen LogP contribution in [0.1, 0.15) is 11.1 Å². The van der Waals surface area contributed by atoms with Crippen LogP contribution in [0.25, 0.3) is 0 Å². The first kappa shape index (κ1) is 9.34. The van der Waals surface area contributed by atoms with Gasteiger partial charge in [-0.15, -0.1) is 0 Å². The molecule has 0 radical (unpaired) electrons. The van der Waals surface area contributed by atoms with Crippen molar-refractivity contribution >= 4 is 5.69 Å². The molecule has 3 heteroatoms. The Hall–Kier alpha value is -1.22. The number of fused-ring (bicyclic) bond motifs is 1. The van der Waals surface area contributed by atoms with Crippen molar-refractivity contribution < 1.29 is 9.84 Å². The molecule has 1 N–H and O–H groups in total. The Morgan fingerprint density at radius 2 is 2.29 bits per heavy atom. The highest BCUT2D eigenvalue weighted by atomic mass is 16.5. The topological polar surface area (TPSA) is 32.7 Å². The molecular formula is C11H15NO2. The van der Waals surface area contributed by atoms with Gasteiger partial charge >= 0.3 is 0 Å². The summed E-state index contributed by atoms with van der Waals surface area (Å²) >= 11 is 0. The molecule has 0 saturated carbocycles. The molecule has 1 aromatic carbocycles. The zero-order chi connectivity index (χ0) is 10.1. The molecule has 1 heterocycles. The summed E-state index contributed by atoms with van der Waals surface area (Å²) in [6.45, 7) is 1.07. The second-order valence-electron chi connectivity index (χ2n) is 3.59. The third-order valence-corrected chi connectivity index (χ3v) is 2.80. The van der Waals surface area contributed by atoms with Crippen LogP contribution in [0, 0.1) is 0 Å². The summed E-state index contributed by atoms with van der Waals surface area (Å²) in [4.78, 5) is 2.21. The Morgan fingerprint density at radius 1 is 1.50 bits per heavy atom. The maximum Gasteiger partial charge on any atom is 0.129 e. The largest absolute Gasteiger partial charge is 0.496 e. The monoisotopic (exact) mass is 193 g/mol. The van der Waals surface area contributed by atoms with E-state index in [2.05, 4.69) is 18.0 Å². The highest BCUT2D eigenvalue weighted by Gasteiger charge is 2.21. The molecule has 0 bridgehead atoms. The van der Waals surface area contributed by atoms with Gasteiger partial charge in [-0.3, -0.25) is 0 Å². The average molecular weight is 193 g/mol. The Kier molecular flexibility index (Phi) is 2.33. The molecular weight excluding hydrogens is 178 g/mol. The number of methoxy groups -OCH3 is 1. The second-order valence-corrected chi connectivity index (χ2v) is 3.59. The normalized spacial score (nSPS) is 14.4. The minimum atomic E-state index is 0.0418. The van der Waals surface area contributed by atoms with Crippen molar-refractivity contribution in [3.63, 3.8) is 0 Å². The number of hydrogen-bond donors (Lipinski definition) is 1. The van der Waals surface area contributed by atoms with E-state index in [1.807, 2.05) is 6.07 Å². The number of ether oxygens (including phenoxy) is 1. The molecule has 0 unspecified atom stereocenters. The number of hydrogen-bond acceptors (Lipinski definition) is 3. The summed E-state index contributed by atoms with van der Waals surface area (Å²) in [5.74, 6) is 0.856. The number of likely N-dealkylation sites (N-methyl/N-ethyl adjacent to an activating group) is 1. The van der Waals surface area contributed by atoms with Crippen LogP contribution in [-0.4, -0.2) is 25.8 Å². The van der Waals surface area contributed by atoms with E-state index in [9.17, 15) is 0 Å². The van der Waals surface area contributed by atoms with Crippen molar-refractivity contribution in [3.05, 3.63) is 23.3 Å². The van der Waals surface area contributed by atoms with E-state index < -0.39 is 0 Å². The maximum absolute atomic E-state index is 9.15. The van der Waals surface area contributed by atoms with Crippen molar-refractivity contribution in [1.82, 2.24) is 0 Å². The molecule has 0 amide bonds. The summed E-state index contributed by atoms with van der Waals surface area (Å²) in [6, 6.07) is 3.98. The molecule has 1 aliphatic heterocycles. The highest BCUT2D eigenvalue weighted by Crippen LogP contribution is 2.36.